The third kappa shape index (κ3) is 4.60. The lowest BCUT2D eigenvalue weighted by Gasteiger charge is -2.30. The molecule has 174 valence electrons. The molecule has 1 aliphatic rings. The first-order chi connectivity index (χ1) is 15.9. The molecule has 2 aromatic carbocycles. The van der Waals surface area contributed by atoms with E-state index in [0.717, 1.165) is 47.7 Å². The van der Waals surface area contributed by atoms with E-state index in [1.807, 2.05) is 12.1 Å². The van der Waals surface area contributed by atoms with E-state index in [1.54, 1.807) is 31.2 Å². The predicted molar refractivity (Wildman–Crippen MR) is 121 cm³/mol. The number of alkyl halides is 2. The van der Waals surface area contributed by atoms with Gasteiger partial charge in [-0.2, -0.15) is 0 Å². The fourth-order valence-electron chi connectivity index (χ4n) is 4.51. The highest BCUT2D eigenvalue weighted by atomic mass is 19.3. The van der Waals surface area contributed by atoms with E-state index >= 15 is 0 Å². The maximum absolute atomic E-state index is 14.7. The van der Waals surface area contributed by atoms with Crippen LogP contribution in [0.2, 0.25) is 0 Å². The van der Waals surface area contributed by atoms with Crippen molar-refractivity contribution < 1.29 is 22.7 Å². The molecule has 1 aliphatic heterocycles. The number of fused-ring (bicyclic) bond motifs is 1. The van der Waals surface area contributed by atoms with E-state index in [2.05, 4.69) is 10.3 Å². The molecule has 2 heterocycles. The summed E-state index contributed by atoms with van der Waals surface area (Å²) in [5.41, 5.74) is 2.04. The fourth-order valence-corrected chi connectivity index (χ4v) is 4.51. The zero-order chi connectivity index (χ0) is 23.5. The Morgan fingerprint density at radius 1 is 1.18 bits per heavy atom. The second-order valence-corrected chi connectivity index (χ2v) is 8.30. The highest BCUT2D eigenvalue weighted by molar-refractivity contribution is 5.93. The van der Waals surface area contributed by atoms with Gasteiger partial charge in [0, 0.05) is 42.0 Å². The molecule has 1 fully saturated rings. The van der Waals surface area contributed by atoms with Gasteiger partial charge in [0.1, 0.15) is 11.6 Å². The summed E-state index contributed by atoms with van der Waals surface area (Å²) in [7, 11) is 1.62. The van der Waals surface area contributed by atoms with E-state index in [-0.39, 0.29) is 11.5 Å². The second kappa shape index (κ2) is 9.68. The van der Waals surface area contributed by atoms with Crippen LogP contribution in [0.4, 0.5) is 18.9 Å². The molecule has 1 atom stereocenters. The number of carbonyl (C=O) groups is 1. The molecule has 0 saturated carbocycles. The van der Waals surface area contributed by atoms with Gasteiger partial charge in [-0.25, -0.2) is 13.2 Å². The summed E-state index contributed by atoms with van der Waals surface area (Å²) < 4.78 is 46.6. The molecule has 1 aromatic heterocycles. The molecule has 1 saturated heterocycles. The van der Waals surface area contributed by atoms with Crippen molar-refractivity contribution in [2.75, 3.05) is 25.5 Å². The molecule has 8 heteroatoms. The Bertz CT molecular complexity index is 1150. The lowest BCUT2D eigenvalue weighted by Crippen LogP contribution is -2.31. The fraction of sp³-hybridized carbons (Fsp3) is 0.360. The average Bonchev–Trinajstić information content (AvgIpc) is 2.83. The topological polar surface area (TPSA) is 54.5 Å². The van der Waals surface area contributed by atoms with Crippen molar-refractivity contribution in [1.29, 1.82) is 0 Å². The number of piperidine rings is 1. The largest absolute Gasteiger partial charge is 0.496 e. The average molecular weight is 457 g/mol. The number of halogens is 3. The smallest absolute Gasteiger partial charge is 0.266 e. The number of anilines is 1. The molecule has 0 radical (unpaired) electrons. The molecular formula is C25H26F3N3O2. The first-order valence-electron chi connectivity index (χ1n) is 10.9. The molecule has 0 spiro atoms. The van der Waals surface area contributed by atoms with Crippen LogP contribution in [0.5, 0.6) is 5.75 Å². The van der Waals surface area contributed by atoms with Gasteiger partial charge in [0.25, 0.3) is 6.43 Å². The molecule has 1 amide bonds. The van der Waals surface area contributed by atoms with E-state index in [4.69, 9.17) is 4.74 Å². The van der Waals surface area contributed by atoms with Crippen LogP contribution in [-0.4, -0.2) is 36.5 Å². The summed E-state index contributed by atoms with van der Waals surface area (Å²) in [5.74, 6) is 0.0711. The van der Waals surface area contributed by atoms with Crippen LogP contribution in [0.25, 0.3) is 10.9 Å². The maximum Gasteiger partial charge on any atom is 0.266 e. The lowest BCUT2D eigenvalue weighted by molar-refractivity contribution is -0.119. The standard InChI is InChI=1S/C25H26F3N3O2/c1-15(17-4-3-5-18(24(17)26)25(27)28)30-21-6-9-29-22-13-23(33-2)19(12-20(21)22)16-7-10-31(14-32)11-8-16/h3-6,9,12-16,25H,7-8,10-11H2,1-2H3,(H,29,30). The Morgan fingerprint density at radius 2 is 1.91 bits per heavy atom. The molecular weight excluding hydrogens is 431 g/mol. The number of carbonyl (C=O) groups excluding carboxylic acids is 1. The summed E-state index contributed by atoms with van der Waals surface area (Å²) in [4.78, 5) is 17.3. The van der Waals surface area contributed by atoms with Crippen LogP contribution in [-0.2, 0) is 4.79 Å². The van der Waals surface area contributed by atoms with Gasteiger partial charge in [0.05, 0.1) is 24.2 Å². The quantitative estimate of drug-likeness (QED) is 0.454. The van der Waals surface area contributed by atoms with E-state index in [9.17, 15) is 18.0 Å². The monoisotopic (exact) mass is 457 g/mol. The Hall–Kier alpha value is -3.29. The molecule has 4 rings (SSSR count). The third-order valence-corrected chi connectivity index (χ3v) is 6.34. The highest BCUT2D eigenvalue weighted by Gasteiger charge is 2.24. The summed E-state index contributed by atoms with van der Waals surface area (Å²) in [5, 5.41) is 4.11. The first-order valence-corrected chi connectivity index (χ1v) is 10.9. The molecule has 0 aliphatic carbocycles. The van der Waals surface area contributed by atoms with Gasteiger partial charge in [0.15, 0.2) is 0 Å². The van der Waals surface area contributed by atoms with E-state index in [1.165, 1.54) is 12.1 Å². The number of hydrogen-bond donors (Lipinski definition) is 1. The molecule has 33 heavy (non-hydrogen) atoms. The first kappa shape index (κ1) is 22.9. The summed E-state index contributed by atoms with van der Waals surface area (Å²) in [6, 6.07) is 9.21. The predicted octanol–water partition coefficient (Wildman–Crippen LogP) is 5.83. The minimum atomic E-state index is -2.88. The van der Waals surface area contributed by atoms with Crippen LogP contribution < -0.4 is 10.1 Å². The van der Waals surface area contributed by atoms with Crippen LogP contribution in [0.15, 0.2) is 42.6 Å². The van der Waals surface area contributed by atoms with Gasteiger partial charge in [-0.05, 0) is 43.4 Å². The van der Waals surface area contributed by atoms with Crippen molar-refractivity contribution in [2.24, 2.45) is 0 Å². The van der Waals surface area contributed by atoms with Gasteiger partial charge in [0.2, 0.25) is 6.41 Å². The van der Waals surface area contributed by atoms with Crippen molar-refractivity contribution in [1.82, 2.24) is 9.88 Å². The molecule has 3 aromatic rings. The number of rotatable bonds is 7. The Labute approximate surface area is 190 Å². The minimum Gasteiger partial charge on any atom is -0.496 e. The van der Waals surface area contributed by atoms with E-state index < -0.39 is 23.8 Å². The van der Waals surface area contributed by atoms with Crippen molar-refractivity contribution in [3.05, 3.63) is 65.1 Å². The normalized spacial score (nSPS) is 15.6. The summed E-state index contributed by atoms with van der Waals surface area (Å²) in [6.45, 7) is 3.11. The minimum absolute atomic E-state index is 0.174. The van der Waals surface area contributed by atoms with Crippen LogP contribution in [0.3, 0.4) is 0 Å². The Balaban J connectivity index is 1.69. The van der Waals surface area contributed by atoms with Gasteiger partial charge < -0.3 is 15.0 Å². The molecule has 1 unspecified atom stereocenters. The van der Waals surface area contributed by atoms with Crippen LogP contribution in [0.1, 0.15) is 54.8 Å². The number of aromatic nitrogens is 1. The van der Waals surface area contributed by atoms with Crippen molar-refractivity contribution in [3.63, 3.8) is 0 Å². The zero-order valence-corrected chi connectivity index (χ0v) is 18.5. The number of pyridine rings is 1. The number of amides is 1. The number of benzene rings is 2. The van der Waals surface area contributed by atoms with Crippen molar-refractivity contribution in [2.45, 2.75) is 38.2 Å². The Morgan fingerprint density at radius 3 is 2.58 bits per heavy atom. The molecule has 0 bridgehead atoms. The van der Waals surface area contributed by atoms with Crippen LogP contribution >= 0.6 is 0 Å². The Kier molecular flexibility index (Phi) is 6.72. The number of nitrogens with zero attached hydrogens (tertiary/aromatic N) is 2. The van der Waals surface area contributed by atoms with E-state index in [0.29, 0.717) is 18.6 Å². The van der Waals surface area contributed by atoms with Crippen molar-refractivity contribution in [3.8, 4) is 5.75 Å². The summed E-state index contributed by atoms with van der Waals surface area (Å²) in [6.07, 6.45) is 1.30. The zero-order valence-electron chi connectivity index (χ0n) is 18.5. The molecule has 5 nitrogen and oxygen atoms in total. The number of methoxy groups -OCH3 is 1. The highest BCUT2D eigenvalue weighted by Crippen LogP contribution is 2.39. The number of hydrogen-bond acceptors (Lipinski definition) is 4. The maximum atomic E-state index is 14.7. The second-order valence-electron chi connectivity index (χ2n) is 8.30. The SMILES string of the molecule is COc1cc2nccc(NC(C)c3cccc(C(F)F)c3F)c2cc1C1CCN(C=O)CC1. The van der Waals surface area contributed by atoms with Gasteiger partial charge in [-0.3, -0.25) is 9.78 Å². The van der Waals surface area contributed by atoms with Gasteiger partial charge in [-0.15, -0.1) is 0 Å². The molecule has 1 N–H and O–H groups in total. The third-order valence-electron chi connectivity index (χ3n) is 6.34. The van der Waals surface area contributed by atoms with Gasteiger partial charge >= 0.3 is 0 Å². The van der Waals surface area contributed by atoms with Gasteiger partial charge in [-0.1, -0.05) is 18.2 Å². The number of likely N-dealkylation sites (tertiary alicyclic amines) is 1. The lowest BCUT2D eigenvalue weighted by atomic mass is 9.88. The number of nitrogens with one attached hydrogen (secondary N) is 1. The van der Waals surface area contributed by atoms with Crippen molar-refractivity contribution >= 4 is 23.0 Å². The van der Waals surface area contributed by atoms with Crippen LogP contribution in [0, 0.1) is 5.82 Å². The number of ether oxygens (including phenoxy) is 1. The summed E-state index contributed by atoms with van der Waals surface area (Å²) >= 11 is 0.